The van der Waals surface area contributed by atoms with Gasteiger partial charge in [-0.3, -0.25) is 19.8 Å². The molecular weight excluding hydrogens is 518 g/mol. The molecule has 2 N–H and O–H groups in total. The van der Waals surface area contributed by atoms with Crippen molar-refractivity contribution < 1.29 is 19.2 Å². The third-order valence-corrected chi connectivity index (χ3v) is 6.88. The Labute approximate surface area is 240 Å². The molecule has 0 saturated heterocycles. The third-order valence-electron chi connectivity index (χ3n) is 6.88. The molecule has 0 unspecified atom stereocenters. The highest BCUT2D eigenvalue weighted by atomic mass is 16.6. The van der Waals surface area contributed by atoms with Crippen molar-refractivity contribution in [2.75, 3.05) is 26.8 Å². The summed E-state index contributed by atoms with van der Waals surface area (Å²) in [5.41, 5.74) is 9.62. The van der Waals surface area contributed by atoms with Gasteiger partial charge < -0.3 is 15.2 Å². The van der Waals surface area contributed by atoms with Gasteiger partial charge in [-0.1, -0.05) is 78.9 Å². The number of methoxy groups -OCH3 is 1. The SMILES string of the molecule is COc1cc(CC(N)=O)ccc1OCCCN(Cc1ccc([N+](=O)[O-])cc1)CC(c1ccccc1)c1ccccc1. The number of nitro benzene ring substituents is 1. The lowest BCUT2D eigenvalue weighted by Gasteiger charge is -2.28. The minimum absolute atomic E-state index is 0.0796. The minimum Gasteiger partial charge on any atom is -0.493 e. The van der Waals surface area contributed by atoms with Crippen molar-refractivity contribution in [3.05, 3.63) is 135 Å². The number of non-ortho nitro benzene ring substituents is 1. The number of amides is 1. The number of benzene rings is 4. The van der Waals surface area contributed by atoms with Crippen molar-refractivity contribution >= 4 is 11.6 Å². The molecule has 0 spiro atoms. The zero-order valence-corrected chi connectivity index (χ0v) is 23.1. The van der Waals surface area contributed by atoms with Crippen LogP contribution in [0.5, 0.6) is 11.5 Å². The first-order chi connectivity index (χ1) is 19.9. The Kier molecular flexibility index (Phi) is 10.5. The summed E-state index contributed by atoms with van der Waals surface area (Å²) < 4.78 is 11.5. The average Bonchev–Trinajstić information content (AvgIpc) is 2.99. The smallest absolute Gasteiger partial charge is 0.269 e. The molecule has 0 bridgehead atoms. The van der Waals surface area contributed by atoms with E-state index in [1.54, 1.807) is 31.4 Å². The highest BCUT2D eigenvalue weighted by molar-refractivity contribution is 5.76. The quantitative estimate of drug-likeness (QED) is 0.114. The molecule has 4 aromatic rings. The van der Waals surface area contributed by atoms with Crippen molar-refractivity contribution in [1.82, 2.24) is 4.90 Å². The number of nitro groups is 1. The van der Waals surface area contributed by atoms with Crippen molar-refractivity contribution in [2.45, 2.75) is 25.3 Å². The van der Waals surface area contributed by atoms with Gasteiger partial charge >= 0.3 is 0 Å². The van der Waals surface area contributed by atoms with Gasteiger partial charge in [-0.25, -0.2) is 0 Å². The summed E-state index contributed by atoms with van der Waals surface area (Å²) in [5, 5.41) is 11.1. The predicted molar refractivity (Wildman–Crippen MR) is 159 cm³/mol. The van der Waals surface area contributed by atoms with Crippen LogP contribution in [0.1, 0.15) is 34.6 Å². The summed E-state index contributed by atoms with van der Waals surface area (Å²) in [6.07, 6.45) is 0.883. The molecule has 8 heteroatoms. The maximum Gasteiger partial charge on any atom is 0.269 e. The third kappa shape index (κ3) is 8.65. The van der Waals surface area contributed by atoms with Gasteiger partial charge in [0.05, 0.1) is 25.1 Å². The first-order valence-corrected chi connectivity index (χ1v) is 13.6. The monoisotopic (exact) mass is 553 g/mol. The molecule has 41 heavy (non-hydrogen) atoms. The van der Waals surface area contributed by atoms with E-state index < -0.39 is 5.91 Å². The van der Waals surface area contributed by atoms with E-state index >= 15 is 0 Å². The van der Waals surface area contributed by atoms with E-state index in [1.165, 1.54) is 11.1 Å². The Morgan fingerprint density at radius 2 is 1.49 bits per heavy atom. The first kappa shape index (κ1) is 29.3. The lowest BCUT2D eigenvalue weighted by Crippen LogP contribution is -2.30. The zero-order chi connectivity index (χ0) is 29.0. The number of rotatable bonds is 15. The van der Waals surface area contributed by atoms with Gasteiger partial charge in [-0.05, 0) is 40.8 Å². The molecule has 0 atom stereocenters. The van der Waals surface area contributed by atoms with Crippen molar-refractivity contribution in [2.24, 2.45) is 5.73 Å². The first-order valence-electron chi connectivity index (χ1n) is 13.6. The van der Waals surface area contributed by atoms with E-state index in [1.807, 2.05) is 30.3 Å². The van der Waals surface area contributed by atoms with Gasteiger partial charge in [-0.15, -0.1) is 0 Å². The van der Waals surface area contributed by atoms with Crippen LogP contribution >= 0.6 is 0 Å². The van der Waals surface area contributed by atoms with Crippen LogP contribution in [0.2, 0.25) is 0 Å². The van der Waals surface area contributed by atoms with Crippen molar-refractivity contribution in [1.29, 1.82) is 0 Å². The van der Waals surface area contributed by atoms with E-state index in [4.69, 9.17) is 15.2 Å². The summed E-state index contributed by atoms with van der Waals surface area (Å²) in [6, 6.07) is 33.0. The van der Waals surface area contributed by atoms with E-state index in [-0.39, 0.29) is 22.9 Å². The summed E-state index contributed by atoms with van der Waals surface area (Å²) in [6.45, 7) is 2.61. The molecule has 0 saturated carbocycles. The predicted octanol–water partition coefficient (Wildman–Crippen LogP) is 5.73. The molecule has 8 nitrogen and oxygen atoms in total. The molecule has 0 heterocycles. The molecule has 0 aliphatic heterocycles. The van der Waals surface area contributed by atoms with Crippen molar-refractivity contribution in [3.8, 4) is 11.5 Å². The van der Waals surface area contributed by atoms with Crippen LogP contribution in [0, 0.1) is 10.1 Å². The lowest BCUT2D eigenvalue weighted by atomic mass is 9.90. The van der Waals surface area contributed by atoms with Gasteiger partial charge in [0.2, 0.25) is 5.91 Å². The van der Waals surface area contributed by atoms with Crippen LogP contribution < -0.4 is 15.2 Å². The number of carbonyl (C=O) groups excluding carboxylic acids is 1. The molecule has 0 radical (unpaired) electrons. The Bertz CT molecular complexity index is 1370. The van der Waals surface area contributed by atoms with Crippen LogP contribution in [-0.2, 0) is 17.8 Å². The van der Waals surface area contributed by atoms with Crippen LogP contribution in [-0.4, -0.2) is 42.5 Å². The Balaban J connectivity index is 1.49. The lowest BCUT2D eigenvalue weighted by molar-refractivity contribution is -0.384. The van der Waals surface area contributed by atoms with E-state index in [2.05, 4.69) is 53.4 Å². The molecule has 0 aliphatic carbocycles. The molecule has 0 aromatic heterocycles. The second kappa shape index (κ2) is 14.6. The second-order valence-electron chi connectivity index (χ2n) is 9.86. The fourth-order valence-corrected chi connectivity index (χ4v) is 4.86. The number of hydrogen-bond acceptors (Lipinski definition) is 6. The highest BCUT2D eigenvalue weighted by Gasteiger charge is 2.19. The molecule has 4 aromatic carbocycles. The number of hydrogen-bond donors (Lipinski definition) is 1. The van der Waals surface area contributed by atoms with Crippen LogP contribution in [0.3, 0.4) is 0 Å². The van der Waals surface area contributed by atoms with Crippen LogP contribution in [0.15, 0.2) is 103 Å². The largest absolute Gasteiger partial charge is 0.493 e. The van der Waals surface area contributed by atoms with E-state index in [0.717, 1.165) is 30.6 Å². The van der Waals surface area contributed by atoms with Gasteiger partial charge in [0.1, 0.15) is 0 Å². The number of primary amides is 1. The summed E-state index contributed by atoms with van der Waals surface area (Å²) in [4.78, 5) is 24.4. The van der Waals surface area contributed by atoms with Gasteiger partial charge in [-0.2, -0.15) is 0 Å². The van der Waals surface area contributed by atoms with Gasteiger partial charge in [0.25, 0.3) is 5.69 Å². The van der Waals surface area contributed by atoms with Gasteiger partial charge in [0, 0.05) is 37.7 Å². The summed E-state index contributed by atoms with van der Waals surface area (Å²) in [5.74, 6) is 0.904. The van der Waals surface area contributed by atoms with E-state index in [9.17, 15) is 14.9 Å². The van der Waals surface area contributed by atoms with E-state index in [0.29, 0.717) is 24.7 Å². The molecular formula is C33H35N3O5. The van der Waals surface area contributed by atoms with Crippen LogP contribution in [0.25, 0.3) is 0 Å². The normalized spacial score (nSPS) is 11.0. The number of nitrogens with zero attached hydrogens (tertiary/aromatic N) is 2. The average molecular weight is 554 g/mol. The Morgan fingerprint density at radius 1 is 0.878 bits per heavy atom. The fraction of sp³-hybridized carbons (Fsp3) is 0.242. The number of ether oxygens (including phenoxy) is 2. The van der Waals surface area contributed by atoms with Gasteiger partial charge in [0.15, 0.2) is 11.5 Å². The number of carbonyl (C=O) groups is 1. The fourth-order valence-electron chi connectivity index (χ4n) is 4.86. The maximum atomic E-state index is 11.3. The second-order valence-corrected chi connectivity index (χ2v) is 9.86. The number of nitrogens with two attached hydrogens (primary N) is 1. The molecule has 0 fully saturated rings. The maximum absolute atomic E-state index is 11.3. The zero-order valence-electron chi connectivity index (χ0n) is 23.1. The molecule has 1 amide bonds. The Hall–Kier alpha value is -4.69. The molecule has 212 valence electrons. The Morgan fingerprint density at radius 3 is 2.05 bits per heavy atom. The standard InChI is InChI=1S/C33H35N3O5/c1-40-32-21-26(22-33(34)37)15-18-31(32)41-20-8-19-35(23-25-13-16-29(17-14-25)36(38)39)24-30(27-9-4-2-5-10-27)28-11-6-3-7-12-28/h2-7,9-18,21,30H,8,19-20,22-24H2,1H3,(H2,34,37). The molecule has 4 rings (SSSR count). The highest BCUT2D eigenvalue weighted by Crippen LogP contribution is 2.29. The summed E-state index contributed by atoms with van der Waals surface area (Å²) >= 11 is 0. The topological polar surface area (TPSA) is 108 Å². The van der Waals surface area contributed by atoms with Crippen LogP contribution in [0.4, 0.5) is 5.69 Å². The summed E-state index contributed by atoms with van der Waals surface area (Å²) in [7, 11) is 1.56. The minimum atomic E-state index is -0.404. The van der Waals surface area contributed by atoms with Crippen molar-refractivity contribution in [3.63, 3.8) is 0 Å². The molecule has 0 aliphatic rings.